The third-order valence-electron chi connectivity index (χ3n) is 8.88. The van der Waals surface area contributed by atoms with E-state index in [0.29, 0.717) is 5.92 Å². The van der Waals surface area contributed by atoms with E-state index < -0.39 is 0 Å². The summed E-state index contributed by atoms with van der Waals surface area (Å²) in [5.74, 6) is 0.577. The van der Waals surface area contributed by atoms with Crippen LogP contribution in [0, 0.1) is 0 Å². The number of rotatable bonds is 4. The number of fused-ring (bicyclic) bond motifs is 7. The van der Waals surface area contributed by atoms with Crippen LogP contribution in [-0.2, 0) is 0 Å². The lowest BCUT2D eigenvalue weighted by Gasteiger charge is -2.13. The Hall–Kier alpha value is -4.86. The first-order chi connectivity index (χ1) is 20.7. The van der Waals surface area contributed by atoms with Crippen LogP contribution in [0.1, 0.15) is 35.3 Å². The summed E-state index contributed by atoms with van der Waals surface area (Å²) >= 11 is 1.99. The van der Waals surface area contributed by atoms with E-state index in [1.807, 2.05) is 11.3 Å². The Kier molecular flexibility index (Phi) is 5.14. The van der Waals surface area contributed by atoms with Gasteiger partial charge in [0.15, 0.2) is 0 Å². The standard InChI is InChI=1S/C39H28N2S/c1-25-9-7-15-31-32-21-22-35-37(39(32)42-38(25)31)33-14-5-6-16-34(33)41(35)40-24-36(40)30-13-8-12-29(23-30)28-19-17-27(18-20-28)26-10-3-2-4-11-26/h2-8,10-25H,9H2,1H3. The van der Waals surface area contributed by atoms with Crippen molar-refractivity contribution in [3.63, 3.8) is 0 Å². The van der Waals surface area contributed by atoms with E-state index in [2.05, 4.69) is 150 Å². The average Bonchev–Trinajstić information content (AvgIpc) is 3.62. The van der Waals surface area contributed by atoms with Crippen LogP contribution in [0.3, 0.4) is 0 Å². The van der Waals surface area contributed by atoms with E-state index in [1.165, 1.54) is 75.8 Å². The summed E-state index contributed by atoms with van der Waals surface area (Å²) in [4.78, 5) is 1.52. The van der Waals surface area contributed by atoms with E-state index in [-0.39, 0.29) is 0 Å². The quantitative estimate of drug-likeness (QED) is 0.209. The molecule has 2 aromatic heterocycles. The minimum Gasteiger partial charge on any atom is -0.252 e. The van der Waals surface area contributed by atoms with Gasteiger partial charge in [0.1, 0.15) is 0 Å². The van der Waals surface area contributed by atoms with Crippen molar-refractivity contribution >= 4 is 55.0 Å². The van der Waals surface area contributed by atoms with E-state index in [4.69, 9.17) is 0 Å². The van der Waals surface area contributed by atoms with E-state index in [0.717, 1.165) is 6.42 Å². The van der Waals surface area contributed by atoms with Gasteiger partial charge in [0.2, 0.25) is 0 Å². The van der Waals surface area contributed by atoms with Crippen molar-refractivity contribution in [1.29, 1.82) is 0 Å². The van der Waals surface area contributed by atoms with Crippen LogP contribution in [0.25, 0.3) is 65.9 Å². The molecule has 200 valence electrons. The predicted molar refractivity (Wildman–Crippen MR) is 180 cm³/mol. The zero-order valence-electron chi connectivity index (χ0n) is 23.3. The first kappa shape index (κ1) is 23.8. The van der Waals surface area contributed by atoms with Crippen molar-refractivity contribution < 1.29 is 0 Å². The van der Waals surface area contributed by atoms with Gasteiger partial charge in [-0.3, -0.25) is 5.01 Å². The molecule has 0 saturated carbocycles. The lowest BCUT2D eigenvalue weighted by molar-refractivity contribution is 0.791. The third-order valence-corrected chi connectivity index (χ3v) is 10.3. The second-order valence-electron chi connectivity index (χ2n) is 11.5. The molecule has 0 spiro atoms. The number of hydrogen-bond donors (Lipinski definition) is 0. The van der Waals surface area contributed by atoms with Gasteiger partial charge in [0.05, 0.1) is 22.9 Å². The monoisotopic (exact) mass is 556 g/mol. The Balaban J connectivity index is 1.10. The van der Waals surface area contributed by atoms with Gasteiger partial charge in [-0.05, 0) is 58.4 Å². The number of thiophene rings is 1. The van der Waals surface area contributed by atoms with Gasteiger partial charge >= 0.3 is 0 Å². The molecule has 3 heteroatoms. The van der Waals surface area contributed by atoms with Gasteiger partial charge in [-0.25, -0.2) is 4.68 Å². The molecule has 5 aromatic carbocycles. The Morgan fingerprint density at radius 3 is 2.21 bits per heavy atom. The molecule has 0 radical (unpaired) electrons. The SMILES string of the molecule is CC1CC=Cc2c1sc1c2ccc2c1c1ccccc1n2N1C=C1c1cccc(-c2ccc(-c3ccccc3)cc2)c1. The molecular weight excluding hydrogens is 529 g/mol. The molecule has 1 aliphatic heterocycles. The van der Waals surface area contributed by atoms with Gasteiger partial charge in [0, 0.05) is 31.3 Å². The summed E-state index contributed by atoms with van der Waals surface area (Å²) in [7, 11) is 0. The Bertz CT molecular complexity index is 2230. The zero-order chi connectivity index (χ0) is 27.8. The molecule has 7 aromatic rings. The van der Waals surface area contributed by atoms with Crippen LogP contribution in [0.5, 0.6) is 0 Å². The molecule has 0 amide bonds. The van der Waals surface area contributed by atoms with Crippen LogP contribution < -0.4 is 5.01 Å². The first-order valence-corrected chi connectivity index (χ1v) is 15.5. The van der Waals surface area contributed by atoms with Crippen molar-refractivity contribution in [2.75, 3.05) is 5.01 Å². The van der Waals surface area contributed by atoms with Crippen LogP contribution in [-0.4, -0.2) is 4.68 Å². The fourth-order valence-corrected chi connectivity index (χ4v) is 8.10. The highest BCUT2D eigenvalue weighted by Crippen LogP contribution is 2.47. The Morgan fingerprint density at radius 2 is 1.36 bits per heavy atom. The lowest BCUT2D eigenvalue weighted by atomic mass is 9.94. The molecule has 0 N–H and O–H groups in total. The van der Waals surface area contributed by atoms with Crippen LogP contribution in [0.4, 0.5) is 0 Å². The highest BCUT2D eigenvalue weighted by atomic mass is 32.1. The van der Waals surface area contributed by atoms with Crippen LogP contribution in [0.2, 0.25) is 0 Å². The van der Waals surface area contributed by atoms with E-state index >= 15 is 0 Å². The maximum Gasteiger partial charge on any atom is 0.0886 e. The smallest absolute Gasteiger partial charge is 0.0886 e. The fourth-order valence-electron chi connectivity index (χ4n) is 6.69. The molecule has 0 saturated heterocycles. The largest absolute Gasteiger partial charge is 0.252 e. The highest BCUT2D eigenvalue weighted by molar-refractivity contribution is 7.20. The van der Waals surface area contributed by atoms with Gasteiger partial charge in [-0.2, -0.15) is 0 Å². The maximum atomic E-state index is 2.40. The van der Waals surface area contributed by atoms with Crippen molar-refractivity contribution in [1.82, 2.24) is 4.68 Å². The molecular formula is C39H28N2S. The summed E-state index contributed by atoms with van der Waals surface area (Å²) in [6, 6.07) is 41.9. The van der Waals surface area contributed by atoms with Gasteiger partial charge < -0.3 is 0 Å². The normalized spacial score (nSPS) is 15.9. The summed E-state index contributed by atoms with van der Waals surface area (Å²) in [5, 5.41) is 6.40. The number of nitrogens with zero attached hydrogens (tertiary/aromatic N) is 2. The van der Waals surface area contributed by atoms with Crippen molar-refractivity contribution in [3.05, 3.63) is 144 Å². The van der Waals surface area contributed by atoms with Crippen molar-refractivity contribution in [2.24, 2.45) is 0 Å². The summed E-state index contributed by atoms with van der Waals surface area (Å²) < 4.78 is 3.81. The van der Waals surface area contributed by atoms with Gasteiger partial charge in [0.25, 0.3) is 0 Å². The van der Waals surface area contributed by atoms with Crippen molar-refractivity contribution in [3.8, 4) is 22.3 Å². The predicted octanol–water partition coefficient (Wildman–Crippen LogP) is 10.8. The molecule has 2 nitrogen and oxygen atoms in total. The topological polar surface area (TPSA) is 7.94 Å². The highest BCUT2D eigenvalue weighted by Gasteiger charge is 2.29. The van der Waals surface area contributed by atoms with E-state index in [9.17, 15) is 0 Å². The van der Waals surface area contributed by atoms with Gasteiger partial charge in [-0.1, -0.05) is 116 Å². The molecule has 3 heterocycles. The first-order valence-electron chi connectivity index (χ1n) is 14.7. The van der Waals surface area contributed by atoms with Gasteiger partial charge in [-0.15, -0.1) is 11.3 Å². The van der Waals surface area contributed by atoms with E-state index in [1.54, 1.807) is 0 Å². The van der Waals surface area contributed by atoms with Crippen LogP contribution in [0.15, 0.2) is 128 Å². The number of hydrogen-bond acceptors (Lipinski definition) is 2. The second-order valence-corrected chi connectivity index (χ2v) is 12.5. The minimum atomic E-state index is 0.577. The molecule has 42 heavy (non-hydrogen) atoms. The Morgan fingerprint density at radius 1 is 0.643 bits per heavy atom. The molecule has 0 fully saturated rings. The summed E-state index contributed by atoms with van der Waals surface area (Å²) in [5.41, 5.74) is 11.3. The minimum absolute atomic E-state index is 0.577. The average molecular weight is 557 g/mol. The summed E-state index contributed by atoms with van der Waals surface area (Å²) in [6.45, 7) is 2.36. The van der Waals surface area contributed by atoms with Crippen molar-refractivity contribution in [2.45, 2.75) is 19.3 Å². The zero-order valence-corrected chi connectivity index (χ0v) is 24.1. The maximum absolute atomic E-state index is 2.40. The number of aromatic nitrogens is 1. The molecule has 0 bridgehead atoms. The fraction of sp³-hybridized carbons (Fsp3) is 0.0769. The van der Waals surface area contributed by atoms with Crippen LogP contribution >= 0.6 is 11.3 Å². The number of para-hydroxylation sites is 1. The Labute approximate surface area is 249 Å². The lowest BCUT2D eigenvalue weighted by Crippen LogP contribution is -2.13. The number of benzene rings is 5. The second kappa shape index (κ2) is 9.07. The number of allylic oxidation sites excluding steroid dienone is 1. The molecule has 1 aliphatic carbocycles. The third kappa shape index (κ3) is 3.57. The molecule has 9 rings (SSSR count). The molecule has 2 aliphatic rings. The molecule has 1 unspecified atom stereocenters. The molecule has 1 atom stereocenters. The summed E-state index contributed by atoms with van der Waals surface area (Å²) in [6.07, 6.45) is 8.07.